The quantitative estimate of drug-likeness (QED) is 0.111. The van der Waals surface area contributed by atoms with Crippen LogP contribution in [0.4, 0.5) is 5.69 Å². The van der Waals surface area contributed by atoms with Crippen LogP contribution in [0, 0.1) is 12.3 Å². The maximum Gasteiger partial charge on any atom is 0.247 e. The van der Waals surface area contributed by atoms with Gasteiger partial charge in [-0.05, 0) is 60.9 Å². The Morgan fingerprint density at radius 3 is 2.38 bits per heavy atom. The molecule has 2 atom stereocenters. The number of carbonyl (C=O) groups is 2. The van der Waals surface area contributed by atoms with Crippen molar-refractivity contribution in [3.63, 3.8) is 0 Å². The van der Waals surface area contributed by atoms with Gasteiger partial charge in [0.05, 0.1) is 24.0 Å². The van der Waals surface area contributed by atoms with Gasteiger partial charge in [0.15, 0.2) is 5.17 Å². The Labute approximate surface area is 256 Å². The van der Waals surface area contributed by atoms with Crippen LogP contribution in [-0.4, -0.2) is 39.6 Å². The molecule has 0 aliphatic carbocycles. The van der Waals surface area contributed by atoms with Gasteiger partial charge in [0, 0.05) is 17.9 Å². The van der Waals surface area contributed by atoms with Crippen molar-refractivity contribution in [1.29, 1.82) is 5.41 Å². The molecule has 0 radical (unpaired) electrons. The van der Waals surface area contributed by atoms with E-state index in [4.69, 9.17) is 26.8 Å². The first kappa shape index (κ1) is 29.9. The Bertz CT molecular complexity index is 1460. The van der Waals surface area contributed by atoms with Crippen LogP contribution in [0.25, 0.3) is 0 Å². The first-order valence-corrected chi connectivity index (χ1v) is 15.6. The summed E-state index contributed by atoms with van der Waals surface area (Å²) < 4.78 is 5.81. The molecule has 3 aromatic carbocycles. The number of benzene rings is 3. The predicted octanol–water partition coefficient (Wildman–Crippen LogP) is 7.76. The van der Waals surface area contributed by atoms with Crippen LogP contribution in [0.5, 0.6) is 5.75 Å². The molecule has 2 aliphatic rings. The molecule has 5 rings (SSSR count). The molecule has 0 spiro atoms. The molecule has 0 saturated carbocycles. The third-order valence-electron chi connectivity index (χ3n) is 7.48. The third-order valence-corrected chi connectivity index (χ3v) is 8.79. The van der Waals surface area contributed by atoms with Gasteiger partial charge in [0.1, 0.15) is 11.0 Å². The first-order chi connectivity index (χ1) is 20.3. The second-order valence-corrected chi connectivity index (χ2v) is 12.2. The maximum absolute atomic E-state index is 13.4. The number of nitrogens with zero attached hydrogens (tertiary/aromatic N) is 3. The fourth-order valence-electron chi connectivity index (χ4n) is 5.13. The lowest BCUT2D eigenvalue weighted by Crippen LogP contribution is -2.32. The molecule has 3 aromatic rings. The van der Waals surface area contributed by atoms with E-state index < -0.39 is 5.25 Å². The van der Waals surface area contributed by atoms with Gasteiger partial charge in [0.2, 0.25) is 11.8 Å². The van der Waals surface area contributed by atoms with E-state index in [9.17, 15) is 9.59 Å². The topological polar surface area (TPSA) is 86.1 Å². The summed E-state index contributed by atoms with van der Waals surface area (Å²) in [7, 11) is 0. The predicted molar refractivity (Wildman–Crippen MR) is 171 cm³/mol. The number of anilines is 1. The summed E-state index contributed by atoms with van der Waals surface area (Å²) in [6, 6.07) is 22.5. The summed E-state index contributed by atoms with van der Waals surface area (Å²) in [4.78, 5) is 27.6. The van der Waals surface area contributed by atoms with Gasteiger partial charge in [-0.1, -0.05) is 91.5 Å². The van der Waals surface area contributed by atoms with E-state index in [0.717, 1.165) is 47.0 Å². The van der Waals surface area contributed by atoms with Gasteiger partial charge in [-0.3, -0.25) is 15.0 Å². The Morgan fingerprint density at radius 2 is 1.69 bits per heavy atom. The van der Waals surface area contributed by atoms with Crippen molar-refractivity contribution < 1.29 is 14.3 Å². The number of amidine groups is 1. The van der Waals surface area contributed by atoms with Crippen molar-refractivity contribution in [1.82, 2.24) is 5.01 Å². The number of ether oxygens (including phenoxy) is 1. The Kier molecular flexibility index (Phi) is 9.65. The van der Waals surface area contributed by atoms with E-state index in [0.29, 0.717) is 29.5 Å². The van der Waals surface area contributed by atoms with Crippen LogP contribution in [-0.2, 0) is 9.59 Å². The highest BCUT2D eigenvalue weighted by molar-refractivity contribution is 8.14. The minimum absolute atomic E-state index is 0.0234. The molecule has 0 aromatic heterocycles. The lowest BCUT2D eigenvalue weighted by molar-refractivity contribution is -0.121. The standard InChI is InChI=1S/C33H35ClN4O3S/c1-3-4-5-6-19-41-27-17-15-26(16-18-27)37-31(39)21-30(32(37)40)42-33(35)38-29(24-11-13-25(34)14-12-24)20-28(36-38)23-9-7-22(2)8-10-23/h7-18,29-30,35H,3-6,19-21H2,1-2H3/t29-,30+/m0/s1. The summed E-state index contributed by atoms with van der Waals surface area (Å²) in [5, 5.41) is 15.5. The molecule has 9 heteroatoms. The molecule has 1 fully saturated rings. The molecule has 218 valence electrons. The molecule has 2 heterocycles. The summed E-state index contributed by atoms with van der Waals surface area (Å²) in [5.74, 6) is 0.109. The lowest BCUT2D eigenvalue weighted by atomic mass is 9.98. The summed E-state index contributed by atoms with van der Waals surface area (Å²) >= 11 is 7.22. The van der Waals surface area contributed by atoms with Gasteiger partial charge in [-0.15, -0.1) is 0 Å². The number of hydrazone groups is 1. The SMILES string of the molecule is CCCCCCOc1ccc(N2C(=O)C[C@@H](SC(=N)N3N=C(c4ccc(C)cc4)C[C@H]3c3ccc(Cl)cc3)C2=O)cc1. The average Bonchev–Trinajstić information content (AvgIpc) is 3.55. The van der Waals surface area contributed by atoms with Crippen molar-refractivity contribution in [3.05, 3.63) is 94.5 Å². The minimum Gasteiger partial charge on any atom is -0.494 e. The fourth-order valence-corrected chi connectivity index (χ4v) is 6.23. The highest BCUT2D eigenvalue weighted by Gasteiger charge is 2.42. The second kappa shape index (κ2) is 13.6. The Morgan fingerprint density at radius 1 is 0.976 bits per heavy atom. The molecule has 0 unspecified atom stereocenters. The highest BCUT2D eigenvalue weighted by Crippen LogP contribution is 2.38. The smallest absolute Gasteiger partial charge is 0.247 e. The number of nitrogens with one attached hydrogen (secondary N) is 1. The summed E-state index contributed by atoms with van der Waals surface area (Å²) in [6.45, 7) is 4.85. The molecule has 2 amide bonds. The molecule has 0 bridgehead atoms. The van der Waals surface area contributed by atoms with Gasteiger partial charge in [-0.25, -0.2) is 9.91 Å². The van der Waals surface area contributed by atoms with Crippen molar-refractivity contribution in [2.75, 3.05) is 11.5 Å². The van der Waals surface area contributed by atoms with E-state index in [2.05, 4.69) is 6.92 Å². The number of halogens is 1. The van der Waals surface area contributed by atoms with Crippen molar-refractivity contribution in [2.45, 2.75) is 63.7 Å². The van der Waals surface area contributed by atoms with Gasteiger partial charge < -0.3 is 4.74 Å². The van der Waals surface area contributed by atoms with E-state index >= 15 is 0 Å². The number of amides is 2. The lowest BCUT2D eigenvalue weighted by Gasteiger charge is -2.24. The number of unbranched alkanes of at least 4 members (excludes halogenated alkanes) is 3. The van der Waals surface area contributed by atoms with Crippen LogP contribution >= 0.6 is 23.4 Å². The number of hydrogen-bond acceptors (Lipinski definition) is 6. The summed E-state index contributed by atoms with van der Waals surface area (Å²) in [6.07, 6.45) is 5.12. The number of imide groups is 1. The number of aryl methyl sites for hydroxylation is 1. The van der Waals surface area contributed by atoms with Crippen molar-refractivity contribution >= 4 is 51.7 Å². The largest absolute Gasteiger partial charge is 0.494 e. The number of rotatable bonds is 10. The summed E-state index contributed by atoms with van der Waals surface area (Å²) in [5.41, 5.74) is 4.50. The Hall–Kier alpha value is -3.62. The van der Waals surface area contributed by atoms with Gasteiger partial charge in [-0.2, -0.15) is 5.10 Å². The normalized spacial score (nSPS) is 18.5. The monoisotopic (exact) mass is 602 g/mol. The molecular weight excluding hydrogens is 568 g/mol. The zero-order valence-corrected chi connectivity index (χ0v) is 25.5. The van der Waals surface area contributed by atoms with E-state index in [-0.39, 0.29) is 29.4 Å². The zero-order chi connectivity index (χ0) is 29.6. The van der Waals surface area contributed by atoms with Crippen LogP contribution in [0.1, 0.15) is 68.2 Å². The van der Waals surface area contributed by atoms with E-state index in [1.54, 1.807) is 29.3 Å². The molecule has 42 heavy (non-hydrogen) atoms. The van der Waals surface area contributed by atoms with E-state index in [1.807, 2.05) is 55.5 Å². The van der Waals surface area contributed by atoms with Crippen LogP contribution in [0.2, 0.25) is 5.02 Å². The minimum atomic E-state index is -0.705. The van der Waals surface area contributed by atoms with Crippen LogP contribution < -0.4 is 9.64 Å². The fraction of sp³-hybridized carbons (Fsp3) is 0.333. The molecule has 1 saturated heterocycles. The first-order valence-electron chi connectivity index (χ1n) is 14.4. The average molecular weight is 603 g/mol. The van der Waals surface area contributed by atoms with Crippen LogP contribution in [0.15, 0.2) is 77.9 Å². The number of thioether (sulfide) groups is 1. The molecule has 7 nitrogen and oxygen atoms in total. The Balaban J connectivity index is 1.28. The van der Waals surface area contributed by atoms with E-state index in [1.165, 1.54) is 17.7 Å². The molecular formula is C33H35ClN4O3S. The van der Waals surface area contributed by atoms with Crippen LogP contribution in [0.3, 0.4) is 0 Å². The zero-order valence-electron chi connectivity index (χ0n) is 23.9. The molecule has 2 aliphatic heterocycles. The highest BCUT2D eigenvalue weighted by atomic mass is 35.5. The second-order valence-electron chi connectivity index (χ2n) is 10.6. The molecule has 1 N–H and O–H groups in total. The number of carbonyl (C=O) groups excluding carboxylic acids is 2. The maximum atomic E-state index is 13.4. The van der Waals surface area contributed by atoms with Gasteiger partial charge in [0.25, 0.3) is 0 Å². The van der Waals surface area contributed by atoms with Gasteiger partial charge >= 0.3 is 0 Å². The van der Waals surface area contributed by atoms with Crippen molar-refractivity contribution in [3.8, 4) is 5.75 Å². The number of hydrogen-bond donors (Lipinski definition) is 1. The third kappa shape index (κ3) is 6.88. The van der Waals surface area contributed by atoms with Crippen molar-refractivity contribution in [2.24, 2.45) is 5.10 Å².